The van der Waals surface area contributed by atoms with Crippen molar-refractivity contribution in [3.05, 3.63) is 28.5 Å². The number of aliphatic hydroxyl groups excluding tert-OH is 1. The summed E-state index contributed by atoms with van der Waals surface area (Å²) >= 11 is 1.57. The molecule has 0 bridgehead atoms. The van der Waals surface area contributed by atoms with Gasteiger partial charge in [0.25, 0.3) is 0 Å². The zero-order chi connectivity index (χ0) is 10.5. The first kappa shape index (κ1) is 10.3. The molecule has 0 aliphatic carbocycles. The third-order valence-corrected chi connectivity index (χ3v) is 2.62. The van der Waals surface area contributed by atoms with Crippen LogP contribution in [0.4, 0.5) is 0 Å². The maximum atomic E-state index is 8.68. The molecule has 5 nitrogen and oxygen atoms in total. The number of nitrogens with zero attached hydrogens (tertiary/aromatic N) is 4. The van der Waals surface area contributed by atoms with Gasteiger partial charge in [-0.15, -0.1) is 16.4 Å². The molecule has 0 aliphatic rings. The average Bonchev–Trinajstić information content (AvgIpc) is 2.87. The third-order valence-electron chi connectivity index (χ3n) is 1.98. The van der Waals surface area contributed by atoms with Gasteiger partial charge in [0.1, 0.15) is 0 Å². The molecule has 1 N–H and O–H groups in total. The number of aromatic nitrogens is 4. The Morgan fingerprint density at radius 2 is 2.33 bits per heavy atom. The molecule has 0 spiro atoms. The fourth-order valence-corrected chi connectivity index (χ4v) is 1.82. The number of hydrogen-bond acceptors (Lipinski definition) is 5. The topological polar surface area (TPSA) is 63.8 Å². The Hall–Kier alpha value is -1.27. The number of hydrogen-bond donors (Lipinski definition) is 1. The van der Waals surface area contributed by atoms with Gasteiger partial charge in [0.05, 0.1) is 23.4 Å². The van der Waals surface area contributed by atoms with Gasteiger partial charge in [0.15, 0.2) is 0 Å². The smallest absolute Gasteiger partial charge is 0.0857 e. The molecule has 2 heterocycles. The van der Waals surface area contributed by atoms with E-state index in [4.69, 9.17) is 5.11 Å². The standard InChI is InChI=1S/C9H12N4OS/c14-3-1-2-8-4-13(12-11-8)5-9-6-15-7-10-9/h4,6-7,14H,1-3,5H2. The molecule has 0 radical (unpaired) electrons. The van der Waals surface area contributed by atoms with Crippen molar-refractivity contribution in [2.24, 2.45) is 0 Å². The van der Waals surface area contributed by atoms with Crippen molar-refractivity contribution in [2.45, 2.75) is 19.4 Å². The van der Waals surface area contributed by atoms with Gasteiger partial charge in [-0.25, -0.2) is 9.67 Å². The minimum Gasteiger partial charge on any atom is -0.396 e. The van der Waals surface area contributed by atoms with Crippen molar-refractivity contribution in [1.82, 2.24) is 20.0 Å². The van der Waals surface area contributed by atoms with Gasteiger partial charge in [-0.1, -0.05) is 5.21 Å². The molecule has 0 fully saturated rings. The Bertz CT molecular complexity index is 398. The largest absolute Gasteiger partial charge is 0.396 e. The van der Waals surface area contributed by atoms with Crippen LogP contribution in [-0.4, -0.2) is 31.7 Å². The number of thiazole rings is 1. The Morgan fingerprint density at radius 3 is 3.07 bits per heavy atom. The van der Waals surface area contributed by atoms with E-state index in [1.165, 1.54) is 0 Å². The molecule has 15 heavy (non-hydrogen) atoms. The Labute approximate surface area is 91.4 Å². The highest BCUT2D eigenvalue weighted by atomic mass is 32.1. The number of aliphatic hydroxyl groups is 1. The van der Waals surface area contributed by atoms with Gasteiger partial charge in [-0.3, -0.25) is 0 Å². The van der Waals surface area contributed by atoms with Crippen LogP contribution in [0, 0.1) is 0 Å². The molecule has 0 saturated heterocycles. The van der Waals surface area contributed by atoms with Crippen molar-refractivity contribution in [1.29, 1.82) is 0 Å². The summed E-state index contributed by atoms with van der Waals surface area (Å²) in [5.41, 5.74) is 3.72. The number of rotatable bonds is 5. The first-order chi connectivity index (χ1) is 7.38. The zero-order valence-electron chi connectivity index (χ0n) is 8.20. The van der Waals surface area contributed by atoms with Crippen LogP contribution in [0.15, 0.2) is 17.1 Å². The van der Waals surface area contributed by atoms with Crippen molar-refractivity contribution >= 4 is 11.3 Å². The molecule has 0 unspecified atom stereocenters. The van der Waals surface area contributed by atoms with Crippen molar-refractivity contribution < 1.29 is 5.11 Å². The summed E-state index contributed by atoms with van der Waals surface area (Å²) in [4.78, 5) is 4.17. The van der Waals surface area contributed by atoms with E-state index in [1.807, 2.05) is 11.6 Å². The summed E-state index contributed by atoms with van der Waals surface area (Å²) in [6, 6.07) is 0. The van der Waals surface area contributed by atoms with Crippen LogP contribution in [-0.2, 0) is 13.0 Å². The first-order valence-corrected chi connectivity index (χ1v) is 5.69. The highest BCUT2D eigenvalue weighted by molar-refractivity contribution is 7.07. The van der Waals surface area contributed by atoms with Crippen molar-refractivity contribution in [3.8, 4) is 0 Å². The maximum Gasteiger partial charge on any atom is 0.0857 e. The van der Waals surface area contributed by atoms with Crippen LogP contribution in [0.1, 0.15) is 17.8 Å². The molecule has 0 amide bonds. The molecule has 6 heteroatoms. The lowest BCUT2D eigenvalue weighted by atomic mass is 10.3. The monoisotopic (exact) mass is 224 g/mol. The molecule has 2 aromatic heterocycles. The molecule has 80 valence electrons. The van der Waals surface area contributed by atoms with E-state index in [0.717, 1.165) is 24.2 Å². The third kappa shape index (κ3) is 2.84. The lowest BCUT2D eigenvalue weighted by Crippen LogP contribution is -2.00. The predicted molar refractivity (Wildman–Crippen MR) is 56.6 cm³/mol. The van der Waals surface area contributed by atoms with E-state index in [1.54, 1.807) is 21.5 Å². The summed E-state index contributed by atoms with van der Waals surface area (Å²) in [5.74, 6) is 0. The molecule has 0 aliphatic heterocycles. The second kappa shape index (κ2) is 4.99. The fourth-order valence-electron chi connectivity index (χ4n) is 1.27. The van der Waals surface area contributed by atoms with E-state index in [9.17, 15) is 0 Å². The molecular weight excluding hydrogens is 212 g/mol. The van der Waals surface area contributed by atoms with E-state index >= 15 is 0 Å². The van der Waals surface area contributed by atoms with Crippen molar-refractivity contribution in [2.75, 3.05) is 6.61 Å². The zero-order valence-corrected chi connectivity index (χ0v) is 9.02. The lowest BCUT2D eigenvalue weighted by Gasteiger charge is -1.94. The second-order valence-corrected chi connectivity index (χ2v) is 3.93. The Kier molecular flexibility index (Phi) is 3.41. The molecule has 0 atom stereocenters. The van der Waals surface area contributed by atoms with Gasteiger partial charge in [-0.2, -0.15) is 0 Å². The molecule has 2 rings (SSSR count). The maximum absolute atomic E-state index is 8.68. The number of aryl methyl sites for hydroxylation is 1. The minimum absolute atomic E-state index is 0.193. The summed E-state index contributed by atoms with van der Waals surface area (Å²) in [7, 11) is 0. The molecular formula is C9H12N4OS. The summed E-state index contributed by atoms with van der Waals surface area (Å²) in [6.45, 7) is 0.856. The molecule has 0 aromatic carbocycles. The van der Waals surface area contributed by atoms with E-state index in [-0.39, 0.29) is 6.61 Å². The van der Waals surface area contributed by atoms with Crippen LogP contribution >= 0.6 is 11.3 Å². The molecule has 2 aromatic rings. The lowest BCUT2D eigenvalue weighted by molar-refractivity contribution is 0.288. The van der Waals surface area contributed by atoms with Crippen LogP contribution < -0.4 is 0 Å². The quantitative estimate of drug-likeness (QED) is 0.812. The molecule has 0 saturated carbocycles. The van der Waals surface area contributed by atoms with Gasteiger partial charge in [0.2, 0.25) is 0 Å². The summed E-state index contributed by atoms with van der Waals surface area (Å²) in [5, 5.41) is 18.7. The summed E-state index contributed by atoms with van der Waals surface area (Å²) in [6.07, 6.45) is 3.40. The van der Waals surface area contributed by atoms with Gasteiger partial charge >= 0.3 is 0 Å². The van der Waals surface area contributed by atoms with Crippen LogP contribution in [0.2, 0.25) is 0 Å². The van der Waals surface area contributed by atoms with Gasteiger partial charge in [-0.05, 0) is 12.8 Å². The second-order valence-electron chi connectivity index (χ2n) is 3.21. The van der Waals surface area contributed by atoms with Crippen molar-refractivity contribution in [3.63, 3.8) is 0 Å². The van der Waals surface area contributed by atoms with Gasteiger partial charge < -0.3 is 5.11 Å². The van der Waals surface area contributed by atoms with Crippen LogP contribution in [0.25, 0.3) is 0 Å². The fraction of sp³-hybridized carbons (Fsp3) is 0.444. The van der Waals surface area contributed by atoms with E-state index in [2.05, 4.69) is 15.3 Å². The SMILES string of the molecule is OCCCc1cn(Cc2cscn2)nn1. The van der Waals surface area contributed by atoms with Crippen LogP contribution in [0.5, 0.6) is 0 Å². The average molecular weight is 224 g/mol. The van der Waals surface area contributed by atoms with Gasteiger partial charge in [0, 0.05) is 18.2 Å². The van der Waals surface area contributed by atoms with E-state index < -0.39 is 0 Å². The first-order valence-electron chi connectivity index (χ1n) is 4.75. The van der Waals surface area contributed by atoms with Crippen LogP contribution in [0.3, 0.4) is 0 Å². The van der Waals surface area contributed by atoms with E-state index in [0.29, 0.717) is 6.54 Å². The minimum atomic E-state index is 0.193. The Morgan fingerprint density at radius 1 is 1.40 bits per heavy atom. The Balaban J connectivity index is 1.95. The summed E-state index contributed by atoms with van der Waals surface area (Å²) < 4.78 is 1.77. The predicted octanol–water partition coefficient (Wildman–Crippen LogP) is 0.708. The highest BCUT2D eigenvalue weighted by Gasteiger charge is 2.02. The normalized spacial score (nSPS) is 10.7. The highest BCUT2D eigenvalue weighted by Crippen LogP contribution is 2.04.